The fraction of sp³-hybridized carbons (Fsp3) is 0.923. The molecular weight excluding hydrogens is 232 g/mol. The average molecular weight is 256 g/mol. The third-order valence-electron chi connectivity index (χ3n) is 3.84. The second-order valence-electron chi connectivity index (χ2n) is 5.67. The van der Waals surface area contributed by atoms with Crippen LogP contribution in [0.15, 0.2) is 0 Å². The minimum Gasteiger partial charge on any atom is -0.381 e. The van der Waals surface area contributed by atoms with Crippen LogP contribution in [0.25, 0.3) is 0 Å². The molecule has 0 aromatic rings. The number of hydrogen-bond donors (Lipinski definition) is 1. The molecule has 5 heteroatoms. The molecule has 1 amide bonds. The molecule has 2 saturated heterocycles. The molecule has 2 aliphatic rings. The van der Waals surface area contributed by atoms with Gasteiger partial charge in [0.05, 0.1) is 5.60 Å². The summed E-state index contributed by atoms with van der Waals surface area (Å²) in [6.07, 6.45) is 2.11. The standard InChI is InChI=1S/C13H24N2O3/c1-13(9-14-10-13)18-8-12(16)15(2)7-11-3-5-17-6-4-11/h11,14H,3-10H2,1-2H3. The van der Waals surface area contributed by atoms with E-state index in [2.05, 4.69) is 5.32 Å². The predicted molar refractivity (Wildman–Crippen MR) is 68.4 cm³/mol. The maximum atomic E-state index is 12.0. The van der Waals surface area contributed by atoms with Crippen molar-refractivity contribution in [3.8, 4) is 0 Å². The first kappa shape index (κ1) is 13.8. The van der Waals surface area contributed by atoms with Gasteiger partial charge in [0.25, 0.3) is 0 Å². The van der Waals surface area contributed by atoms with Gasteiger partial charge in [-0.1, -0.05) is 0 Å². The number of carbonyl (C=O) groups is 1. The number of amides is 1. The molecule has 2 fully saturated rings. The zero-order valence-corrected chi connectivity index (χ0v) is 11.4. The van der Waals surface area contributed by atoms with Crippen LogP contribution in [0.1, 0.15) is 19.8 Å². The Morgan fingerprint density at radius 2 is 2.11 bits per heavy atom. The summed E-state index contributed by atoms with van der Waals surface area (Å²) >= 11 is 0. The van der Waals surface area contributed by atoms with E-state index < -0.39 is 0 Å². The molecule has 0 radical (unpaired) electrons. The van der Waals surface area contributed by atoms with Gasteiger partial charge in [-0.25, -0.2) is 0 Å². The monoisotopic (exact) mass is 256 g/mol. The van der Waals surface area contributed by atoms with Crippen molar-refractivity contribution in [1.82, 2.24) is 10.2 Å². The van der Waals surface area contributed by atoms with Gasteiger partial charge >= 0.3 is 0 Å². The van der Waals surface area contributed by atoms with Crippen molar-refractivity contribution in [2.75, 3.05) is 46.5 Å². The molecular formula is C13H24N2O3. The van der Waals surface area contributed by atoms with Gasteiger partial charge < -0.3 is 19.7 Å². The highest BCUT2D eigenvalue weighted by Gasteiger charge is 2.33. The van der Waals surface area contributed by atoms with Crippen molar-refractivity contribution in [3.05, 3.63) is 0 Å². The van der Waals surface area contributed by atoms with Crippen LogP contribution < -0.4 is 5.32 Å². The maximum Gasteiger partial charge on any atom is 0.248 e. The Bertz CT molecular complexity index is 286. The third-order valence-corrected chi connectivity index (χ3v) is 3.84. The van der Waals surface area contributed by atoms with E-state index in [0.717, 1.165) is 45.7 Å². The molecule has 2 aliphatic heterocycles. The first-order valence-electron chi connectivity index (χ1n) is 6.75. The average Bonchev–Trinajstić information content (AvgIpc) is 2.34. The summed E-state index contributed by atoms with van der Waals surface area (Å²) in [4.78, 5) is 13.7. The van der Waals surface area contributed by atoms with Crippen LogP contribution in [0.5, 0.6) is 0 Å². The van der Waals surface area contributed by atoms with Crippen LogP contribution in [0.4, 0.5) is 0 Å². The number of nitrogens with one attached hydrogen (secondary N) is 1. The van der Waals surface area contributed by atoms with Gasteiger partial charge in [-0.2, -0.15) is 0 Å². The van der Waals surface area contributed by atoms with Crippen molar-refractivity contribution in [1.29, 1.82) is 0 Å². The van der Waals surface area contributed by atoms with E-state index in [1.54, 1.807) is 4.90 Å². The lowest BCUT2D eigenvalue weighted by Crippen LogP contribution is -2.59. The molecule has 2 rings (SSSR count). The van der Waals surface area contributed by atoms with Gasteiger partial charge in [0.2, 0.25) is 5.91 Å². The molecule has 2 heterocycles. The molecule has 0 unspecified atom stereocenters. The number of ether oxygens (including phenoxy) is 2. The molecule has 0 atom stereocenters. The molecule has 18 heavy (non-hydrogen) atoms. The van der Waals surface area contributed by atoms with Crippen LogP contribution >= 0.6 is 0 Å². The Morgan fingerprint density at radius 3 is 2.67 bits per heavy atom. The molecule has 1 N–H and O–H groups in total. The minimum atomic E-state index is -0.144. The quantitative estimate of drug-likeness (QED) is 0.766. The van der Waals surface area contributed by atoms with Crippen LogP contribution in [-0.2, 0) is 14.3 Å². The lowest BCUT2D eigenvalue weighted by Gasteiger charge is -2.39. The zero-order chi connectivity index (χ0) is 13.0. The van der Waals surface area contributed by atoms with Crippen molar-refractivity contribution >= 4 is 5.91 Å². The van der Waals surface area contributed by atoms with Crippen LogP contribution in [0.2, 0.25) is 0 Å². The highest BCUT2D eigenvalue weighted by Crippen LogP contribution is 2.17. The van der Waals surface area contributed by atoms with E-state index >= 15 is 0 Å². The Labute approximate surface area is 109 Å². The Kier molecular flexibility index (Phi) is 4.59. The third kappa shape index (κ3) is 3.67. The van der Waals surface area contributed by atoms with Gasteiger partial charge in [-0.15, -0.1) is 0 Å². The second kappa shape index (κ2) is 5.99. The number of carbonyl (C=O) groups excluding carboxylic acids is 1. The van der Waals surface area contributed by atoms with E-state index in [9.17, 15) is 4.79 Å². The van der Waals surface area contributed by atoms with Crippen molar-refractivity contribution in [3.63, 3.8) is 0 Å². The van der Waals surface area contributed by atoms with Gasteiger partial charge in [-0.05, 0) is 25.7 Å². The zero-order valence-electron chi connectivity index (χ0n) is 11.4. The largest absolute Gasteiger partial charge is 0.381 e. The Hall–Kier alpha value is -0.650. The van der Waals surface area contributed by atoms with Crippen LogP contribution in [0.3, 0.4) is 0 Å². The topological polar surface area (TPSA) is 50.8 Å². The highest BCUT2D eigenvalue weighted by atomic mass is 16.5. The van der Waals surface area contributed by atoms with E-state index in [-0.39, 0.29) is 18.1 Å². The molecule has 0 aromatic carbocycles. The van der Waals surface area contributed by atoms with Gasteiger partial charge in [-0.3, -0.25) is 4.79 Å². The molecule has 5 nitrogen and oxygen atoms in total. The summed E-state index contributed by atoms with van der Waals surface area (Å²) in [6, 6.07) is 0. The van der Waals surface area contributed by atoms with Crippen molar-refractivity contribution in [2.45, 2.75) is 25.4 Å². The minimum absolute atomic E-state index is 0.0783. The lowest BCUT2D eigenvalue weighted by molar-refractivity contribution is -0.145. The number of hydrogen-bond acceptors (Lipinski definition) is 4. The summed E-state index contributed by atoms with van der Waals surface area (Å²) < 4.78 is 11.0. The van der Waals surface area contributed by atoms with Crippen LogP contribution in [-0.4, -0.2) is 62.9 Å². The normalized spacial score (nSPS) is 23.4. The lowest BCUT2D eigenvalue weighted by atomic mass is 9.99. The molecule has 0 spiro atoms. The summed E-state index contributed by atoms with van der Waals surface area (Å²) in [5, 5.41) is 3.16. The smallest absolute Gasteiger partial charge is 0.248 e. The molecule has 0 aliphatic carbocycles. The Morgan fingerprint density at radius 1 is 1.44 bits per heavy atom. The first-order valence-corrected chi connectivity index (χ1v) is 6.75. The highest BCUT2D eigenvalue weighted by molar-refractivity contribution is 5.77. The van der Waals surface area contributed by atoms with Gasteiger partial charge in [0.1, 0.15) is 6.61 Å². The number of likely N-dealkylation sites (N-methyl/N-ethyl adjacent to an activating group) is 1. The fourth-order valence-electron chi connectivity index (χ4n) is 2.34. The van der Waals surface area contributed by atoms with Gasteiger partial charge in [0, 0.05) is 39.9 Å². The summed E-state index contributed by atoms with van der Waals surface area (Å²) in [6.45, 7) is 6.38. The second-order valence-corrected chi connectivity index (χ2v) is 5.67. The SMILES string of the molecule is CN(CC1CCOCC1)C(=O)COC1(C)CNC1. The van der Waals surface area contributed by atoms with E-state index in [1.807, 2.05) is 14.0 Å². The van der Waals surface area contributed by atoms with Crippen molar-refractivity contribution < 1.29 is 14.3 Å². The molecule has 104 valence electrons. The molecule has 0 bridgehead atoms. The number of rotatable bonds is 5. The summed E-state index contributed by atoms with van der Waals surface area (Å²) in [5.74, 6) is 0.656. The number of nitrogens with zero attached hydrogens (tertiary/aromatic N) is 1. The van der Waals surface area contributed by atoms with Crippen molar-refractivity contribution in [2.24, 2.45) is 5.92 Å². The van der Waals surface area contributed by atoms with Gasteiger partial charge in [0.15, 0.2) is 0 Å². The first-order chi connectivity index (χ1) is 8.59. The predicted octanol–water partition coefficient (Wildman–Crippen LogP) is 0.250. The van der Waals surface area contributed by atoms with Crippen LogP contribution in [0, 0.1) is 5.92 Å². The summed E-state index contributed by atoms with van der Waals surface area (Å²) in [5.41, 5.74) is -0.144. The van der Waals surface area contributed by atoms with E-state index in [1.165, 1.54) is 0 Å². The Balaban J connectivity index is 1.67. The summed E-state index contributed by atoms with van der Waals surface area (Å²) in [7, 11) is 1.86. The molecule has 0 saturated carbocycles. The fourth-order valence-corrected chi connectivity index (χ4v) is 2.34. The molecule has 0 aromatic heterocycles. The van der Waals surface area contributed by atoms with E-state index in [0.29, 0.717) is 5.92 Å². The van der Waals surface area contributed by atoms with E-state index in [4.69, 9.17) is 9.47 Å². The maximum absolute atomic E-state index is 12.0.